The second-order valence-electron chi connectivity index (χ2n) is 5.50. The summed E-state index contributed by atoms with van der Waals surface area (Å²) in [5.41, 5.74) is 2.03. The number of fused-ring (bicyclic) bond motifs is 1. The molecule has 1 aromatic rings. The molecule has 2 nitrogen and oxygen atoms in total. The van der Waals surface area contributed by atoms with Crippen LogP contribution in [0.1, 0.15) is 50.0 Å². The van der Waals surface area contributed by atoms with E-state index in [2.05, 4.69) is 5.32 Å². The third-order valence-corrected chi connectivity index (χ3v) is 4.54. The average molecular weight is 264 g/mol. The molecule has 3 rings (SSSR count). The molecule has 0 aromatic heterocycles. The first-order chi connectivity index (χ1) is 8.74. The van der Waals surface area contributed by atoms with Gasteiger partial charge in [0.25, 0.3) is 0 Å². The highest BCUT2D eigenvalue weighted by atomic mass is 35.5. The zero-order valence-corrected chi connectivity index (χ0v) is 11.2. The number of carbonyl (C=O) groups excluding carboxylic acids is 1. The number of nitrogens with one attached hydrogen (secondary N) is 1. The molecule has 1 amide bonds. The number of amides is 1. The Hall–Kier alpha value is -1.02. The van der Waals surface area contributed by atoms with Crippen LogP contribution in [0.3, 0.4) is 0 Å². The van der Waals surface area contributed by atoms with Crippen LogP contribution < -0.4 is 5.32 Å². The molecule has 18 heavy (non-hydrogen) atoms. The Kier molecular flexibility index (Phi) is 3.29. The number of hydrogen-bond donors (Lipinski definition) is 1. The number of rotatable bonds is 3. The maximum Gasteiger partial charge on any atom is 0.232 e. The van der Waals surface area contributed by atoms with Gasteiger partial charge in [-0.1, -0.05) is 37.3 Å². The number of benzene rings is 1. The van der Waals surface area contributed by atoms with Crippen molar-refractivity contribution in [3.05, 3.63) is 28.8 Å². The molecule has 1 aromatic carbocycles. The van der Waals surface area contributed by atoms with Crippen molar-refractivity contribution in [2.24, 2.45) is 5.92 Å². The second-order valence-corrected chi connectivity index (χ2v) is 5.94. The van der Waals surface area contributed by atoms with E-state index in [0.29, 0.717) is 0 Å². The van der Waals surface area contributed by atoms with E-state index in [-0.39, 0.29) is 11.8 Å². The van der Waals surface area contributed by atoms with Crippen LogP contribution in [0.4, 0.5) is 5.69 Å². The highest BCUT2D eigenvalue weighted by Crippen LogP contribution is 2.39. The molecule has 1 fully saturated rings. The summed E-state index contributed by atoms with van der Waals surface area (Å²) in [4.78, 5) is 12.0. The van der Waals surface area contributed by atoms with E-state index >= 15 is 0 Å². The maximum atomic E-state index is 12.0. The lowest BCUT2D eigenvalue weighted by Gasteiger charge is -2.12. The standard InChI is InChI=1S/C15H18ClNO/c16-11-6-8-14-13(9-11)12(15(18)17-14)7-5-10-3-1-2-4-10/h6,8-10,12H,1-5,7H2,(H,17,18). The first kappa shape index (κ1) is 12.0. The molecule has 1 saturated carbocycles. The predicted octanol–water partition coefficient (Wildman–Crippen LogP) is 4.35. The second kappa shape index (κ2) is 4.93. The van der Waals surface area contributed by atoms with Gasteiger partial charge in [0, 0.05) is 10.7 Å². The number of halogens is 1. The fraction of sp³-hybridized carbons (Fsp3) is 0.533. The quantitative estimate of drug-likeness (QED) is 0.863. The van der Waals surface area contributed by atoms with Crippen molar-refractivity contribution in [1.82, 2.24) is 0 Å². The zero-order valence-electron chi connectivity index (χ0n) is 10.4. The van der Waals surface area contributed by atoms with Crippen LogP contribution in [0.25, 0.3) is 0 Å². The van der Waals surface area contributed by atoms with Crippen molar-refractivity contribution in [2.75, 3.05) is 5.32 Å². The van der Waals surface area contributed by atoms with Crippen molar-refractivity contribution in [2.45, 2.75) is 44.4 Å². The predicted molar refractivity (Wildman–Crippen MR) is 74.0 cm³/mol. The van der Waals surface area contributed by atoms with Gasteiger partial charge in [0.1, 0.15) is 0 Å². The Morgan fingerprint density at radius 3 is 2.78 bits per heavy atom. The smallest absolute Gasteiger partial charge is 0.232 e. The highest BCUT2D eigenvalue weighted by Gasteiger charge is 2.31. The van der Waals surface area contributed by atoms with Crippen molar-refractivity contribution in [3.8, 4) is 0 Å². The van der Waals surface area contributed by atoms with E-state index in [1.807, 2.05) is 18.2 Å². The zero-order chi connectivity index (χ0) is 12.5. The van der Waals surface area contributed by atoms with Gasteiger partial charge >= 0.3 is 0 Å². The first-order valence-corrected chi connectivity index (χ1v) is 7.22. The van der Waals surface area contributed by atoms with Gasteiger partial charge in [0.2, 0.25) is 5.91 Å². The summed E-state index contributed by atoms with van der Waals surface area (Å²) in [6.45, 7) is 0. The lowest BCUT2D eigenvalue weighted by atomic mass is 9.91. The molecule has 0 bridgehead atoms. The van der Waals surface area contributed by atoms with Crippen LogP contribution in [0.15, 0.2) is 18.2 Å². The van der Waals surface area contributed by atoms with Gasteiger partial charge in [-0.2, -0.15) is 0 Å². The monoisotopic (exact) mass is 263 g/mol. The summed E-state index contributed by atoms with van der Waals surface area (Å²) in [6.07, 6.45) is 7.55. The minimum absolute atomic E-state index is 0.0132. The van der Waals surface area contributed by atoms with E-state index in [1.165, 1.54) is 32.1 Å². The third kappa shape index (κ3) is 2.26. The summed E-state index contributed by atoms with van der Waals surface area (Å²) in [5, 5.41) is 3.67. The Labute approximate surface area is 113 Å². The fourth-order valence-corrected chi connectivity index (χ4v) is 3.47. The first-order valence-electron chi connectivity index (χ1n) is 6.84. The van der Waals surface area contributed by atoms with Gasteiger partial charge in [-0.25, -0.2) is 0 Å². The Balaban J connectivity index is 1.72. The molecule has 1 N–H and O–H groups in total. The molecular formula is C15H18ClNO. The summed E-state index contributed by atoms with van der Waals surface area (Å²) >= 11 is 6.02. The number of anilines is 1. The molecule has 0 spiro atoms. The molecule has 0 radical (unpaired) electrons. The van der Waals surface area contributed by atoms with Crippen LogP contribution in [0.2, 0.25) is 5.02 Å². The van der Waals surface area contributed by atoms with Crippen molar-refractivity contribution in [3.63, 3.8) is 0 Å². The fourth-order valence-electron chi connectivity index (χ4n) is 3.28. The summed E-state index contributed by atoms with van der Waals surface area (Å²) in [6, 6.07) is 5.68. The van der Waals surface area contributed by atoms with Gasteiger partial charge in [-0.05, 0) is 42.5 Å². The van der Waals surface area contributed by atoms with Gasteiger partial charge in [0.15, 0.2) is 0 Å². The van der Waals surface area contributed by atoms with E-state index in [9.17, 15) is 4.79 Å². The van der Waals surface area contributed by atoms with Crippen molar-refractivity contribution < 1.29 is 4.79 Å². The maximum absolute atomic E-state index is 12.0. The largest absolute Gasteiger partial charge is 0.325 e. The average Bonchev–Trinajstić information content (AvgIpc) is 2.94. The van der Waals surface area contributed by atoms with E-state index in [4.69, 9.17) is 11.6 Å². The van der Waals surface area contributed by atoms with Crippen LogP contribution in [0.5, 0.6) is 0 Å². The molecule has 1 unspecified atom stereocenters. The number of carbonyl (C=O) groups is 1. The molecule has 1 atom stereocenters. The molecule has 0 saturated heterocycles. The molecule has 3 heteroatoms. The molecule has 1 heterocycles. The van der Waals surface area contributed by atoms with Crippen molar-refractivity contribution in [1.29, 1.82) is 0 Å². The van der Waals surface area contributed by atoms with Crippen molar-refractivity contribution >= 4 is 23.2 Å². The Morgan fingerprint density at radius 1 is 1.22 bits per heavy atom. The molecule has 2 aliphatic rings. The van der Waals surface area contributed by atoms with E-state index in [1.54, 1.807) is 0 Å². The van der Waals surface area contributed by atoms with Gasteiger partial charge in [-0.15, -0.1) is 0 Å². The summed E-state index contributed by atoms with van der Waals surface area (Å²) in [7, 11) is 0. The molecule has 1 aliphatic carbocycles. The van der Waals surface area contributed by atoms with E-state index < -0.39 is 0 Å². The van der Waals surface area contributed by atoms with Gasteiger partial charge in [0.05, 0.1) is 5.92 Å². The SMILES string of the molecule is O=C1Nc2ccc(Cl)cc2C1CCC1CCCC1. The lowest BCUT2D eigenvalue weighted by Crippen LogP contribution is -2.13. The van der Waals surface area contributed by atoms with Crippen LogP contribution in [0, 0.1) is 5.92 Å². The topological polar surface area (TPSA) is 29.1 Å². The van der Waals surface area contributed by atoms with Crippen LogP contribution in [-0.4, -0.2) is 5.91 Å². The van der Waals surface area contributed by atoms with Crippen LogP contribution in [-0.2, 0) is 4.79 Å². The normalized spacial score (nSPS) is 23.2. The molecule has 1 aliphatic heterocycles. The van der Waals surface area contributed by atoms with Gasteiger partial charge in [-0.3, -0.25) is 4.79 Å². The van der Waals surface area contributed by atoms with Crippen LogP contribution >= 0.6 is 11.6 Å². The highest BCUT2D eigenvalue weighted by molar-refractivity contribution is 6.31. The molecule has 96 valence electrons. The Bertz CT molecular complexity index is 466. The Morgan fingerprint density at radius 2 is 2.00 bits per heavy atom. The summed E-state index contributed by atoms with van der Waals surface area (Å²) < 4.78 is 0. The lowest BCUT2D eigenvalue weighted by molar-refractivity contribution is -0.117. The third-order valence-electron chi connectivity index (χ3n) is 4.30. The number of hydrogen-bond acceptors (Lipinski definition) is 1. The van der Waals surface area contributed by atoms with Gasteiger partial charge < -0.3 is 5.32 Å². The minimum atomic E-state index is 0.0132. The molecular weight excluding hydrogens is 246 g/mol. The van der Waals surface area contributed by atoms with E-state index in [0.717, 1.165) is 28.6 Å². The minimum Gasteiger partial charge on any atom is -0.325 e. The summed E-state index contributed by atoms with van der Waals surface area (Å²) in [5.74, 6) is 0.991.